The van der Waals surface area contributed by atoms with E-state index in [0.717, 1.165) is 27.7 Å². The first-order valence-corrected chi connectivity index (χ1v) is 8.09. The van der Waals surface area contributed by atoms with Crippen molar-refractivity contribution in [3.63, 3.8) is 0 Å². The van der Waals surface area contributed by atoms with Crippen molar-refractivity contribution >= 4 is 29.5 Å². The molecule has 0 saturated carbocycles. The van der Waals surface area contributed by atoms with E-state index in [9.17, 15) is 4.79 Å². The number of carbonyl (C=O) groups excluding carboxylic acids is 1. The van der Waals surface area contributed by atoms with Gasteiger partial charge in [-0.15, -0.1) is 18.3 Å². The van der Waals surface area contributed by atoms with Crippen LogP contribution in [-0.2, 0) is 4.79 Å². The van der Waals surface area contributed by atoms with E-state index in [-0.39, 0.29) is 11.8 Å². The number of nitrogens with zero attached hydrogens (tertiary/aromatic N) is 1. The number of rotatable bonds is 6. The number of allylic oxidation sites excluding steroid dienone is 1. The Labute approximate surface area is 135 Å². The van der Waals surface area contributed by atoms with Gasteiger partial charge in [0.1, 0.15) is 5.75 Å². The summed E-state index contributed by atoms with van der Waals surface area (Å²) in [6.07, 6.45) is 6.27. The van der Waals surface area contributed by atoms with Gasteiger partial charge >= 0.3 is 0 Å². The predicted octanol–water partition coefficient (Wildman–Crippen LogP) is 3.50. The Morgan fingerprint density at radius 1 is 1.50 bits per heavy atom. The molecule has 116 valence electrons. The third-order valence-electron chi connectivity index (χ3n) is 3.30. The molecule has 0 fully saturated rings. The molecule has 1 aliphatic heterocycles. The fourth-order valence-electron chi connectivity index (χ4n) is 2.10. The minimum Gasteiger partial charge on any atom is -0.496 e. The number of carbonyl (C=O) groups is 1. The van der Waals surface area contributed by atoms with Gasteiger partial charge in [0.15, 0.2) is 0 Å². The second kappa shape index (κ2) is 7.84. The van der Waals surface area contributed by atoms with E-state index < -0.39 is 0 Å². The molecule has 4 nitrogen and oxygen atoms in total. The lowest BCUT2D eigenvalue weighted by Crippen LogP contribution is -2.30. The van der Waals surface area contributed by atoms with Crippen molar-refractivity contribution < 1.29 is 9.53 Å². The van der Waals surface area contributed by atoms with Crippen molar-refractivity contribution in [3.05, 3.63) is 42.5 Å². The van der Waals surface area contributed by atoms with E-state index in [4.69, 9.17) is 4.74 Å². The van der Waals surface area contributed by atoms with Crippen LogP contribution in [-0.4, -0.2) is 24.5 Å². The van der Waals surface area contributed by atoms with E-state index in [1.165, 1.54) is 0 Å². The van der Waals surface area contributed by atoms with Crippen LogP contribution in [0.1, 0.15) is 18.9 Å². The van der Waals surface area contributed by atoms with Crippen molar-refractivity contribution in [2.24, 2.45) is 11.0 Å². The first-order chi connectivity index (χ1) is 10.6. The number of ether oxygens (including phenoxy) is 1. The smallest absolute Gasteiger partial charge is 0.240 e. The Bertz CT molecular complexity index is 623. The zero-order valence-electron chi connectivity index (χ0n) is 12.8. The molecule has 1 aliphatic rings. The second-order valence-corrected chi connectivity index (χ2v) is 6.08. The second-order valence-electron chi connectivity index (χ2n) is 5.02. The van der Waals surface area contributed by atoms with Gasteiger partial charge < -0.3 is 4.74 Å². The topological polar surface area (TPSA) is 50.7 Å². The molecular weight excluding hydrogens is 296 g/mol. The Kier molecular flexibility index (Phi) is 5.83. The summed E-state index contributed by atoms with van der Waals surface area (Å²) in [4.78, 5) is 12.3. The van der Waals surface area contributed by atoms with Gasteiger partial charge in [0.25, 0.3) is 0 Å². The molecule has 0 aliphatic carbocycles. The summed E-state index contributed by atoms with van der Waals surface area (Å²) in [6.45, 7) is 5.72. The van der Waals surface area contributed by atoms with Crippen LogP contribution in [0.3, 0.4) is 0 Å². The first kappa shape index (κ1) is 16.4. The van der Waals surface area contributed by atoms with Crippen molar-refractivity contribution in [2.75, 3.05) is 12.9 Å². The van der Waals surface area contributed by atoms with Gasteiger partial charge in [-0.3, -0.25) is 4.79 Å². The number of hydrazone groups is 1. The Balaban J connectivity index is 2.14. The third-order valence-corrected chi connectivity index (χ3v) is 4.35. The maximum atomic E-state index is 11.2. The summed E-state index contributed by atoms with van der Waals surface area (Å²) < 4.78 is 5.43. The lowest BCUT2D eigenvalue weighted by atomic mass is 9.99. The average Bonchev–Trinajstić information content (AvgIpc) is 2.52. The van der Waals surface area contributed by atoms with E-state index in [2.05, 4.69) is 17.1 Å². The van der Waals surface area contributed by atoms with Gasteiger partial charge in [0.05, 0.1) is 12.8 Å². The lowest BCUT2D eigenvalue weighted by Gasteiger charge is -2.16. The minimum absolute atomic E-state index is 0.0325. The Morgan fingerprint density at radius 3 is 3.00 bits per heavy atom. The quantitative estimate of drug-likeness (QED) is 0.645. The van der Waals surface area contributed by atoms with Crippen LogP contribution in [0.15, 0.2) is 46.9 Å². The molecule has 1 N–H and O–H groups in total. The largest absolute Gasteiger partial charge is 0.496 e. The summed E-state index contributed by atoms with van der Waals surface area (Å²) in [5.41, 5.74) is 4.43. The van der Waals surface area contributed by atoms with Crippen LogP contribution < -0.4 is 10.2 Å². The molecule has 1 amide bonds. The van der Waals surface area contributed by atoms with E-state index in [1.54, 1.807) is 18.9 Å². The van der Waals surface area contributed by atoms with Crippen LogP contribution in [0, 0.1) is 5.92 Å². The third kappa shape index (κ3) is 4.24. The Morgan fingerprint density at radius 2 is 2.32 bits per heavy atom. The van der Waals surface area contributed by atoms with Gasteiger partial charge in [-0.1, -0.05) is 25.1 Å². The summed E-state index contributed by atoms with van der Waals surface area (Å²) in [5.74, 6) is 1.80. The molecule has 0 bridgehead atoms. The molecule has 1 atom stereocenters. The number of nitrogens with one attached hydrogen (secondary N) is 1. The van der Waals surface area contributed by atoms with Crippen LogP contribution in [0.5, 0.6) is 5.75 Å². The van der Waals surface area contributed by atoms with E-state index in [1.807, 2.05) is 43.4 Å². The van der Waals surface area contributed by atoms with Gasteiger partial charge in [0.2, 0.25) is 5.91 Å². The summed E-state index contributed by atoms with van der Waals surface area (Å²) in [7, 11) is 1.67. The molecule has 0 aromatic heterocycles. The molecule has 0 saturated heterocycles. The SMILES string of the molecule is C=CCSc1ccc(C=CC2=NNC(=O)CC2C)cc1OC. The average molecular weight is 316 g/mol. The van der Waals surface area contributed by atoms with Crippen LogP contribution in [0.4, 0.5) is 0 Å². The molecule has 0 radical (unpaired) electrons. The molecule has 5 heteroatoms. The fourth-order valence-corrected chi connectivity index (χ4v) is 2.85. The highest BCUT2D eigenvalue weighted by molar-refractivity contribution is 7.99. The molecular formula is C17H20N2O2S. The lowest BCUT2D eigenvalue weighted by molar-refractivity contribution is -0.121. The van der Waals surface area contributed by atoms with Crippen LogP contribution in [0.2, 0.25) is 0 Å². The van der Waals surface area contributed by atoms with Crippen LogP contribution >= 0.6 is 11.8 Å². The molecule has 2 rings (SSSR count). The molecule has 22 heavy (non-hydrogen) atoms. The molecule has 1 heterocycles. The monoisotopic (exact) mass is 316 g/mol. The number of amides is 1. The van der Waals surface area contributed by atoms with Gasteiger partial charge in [-0.05, 0) is 23.8 Å². The summed E-state index contributed by atoms with van der Waals surface area (Å²) in [5, 5.41) is 4.09. The van der Waals surface area contributed by atoms with Crippen molar-refractivity contribution in [1.82, 2.24) is 5.43 Å². The predicted molar refractivity (Wildman–Crippen MR) is 92.3 cm³/mol. The summed E-state index contributed by atoms with van der Waals surface area (Å²) >= 11 is 1.69. The van der Waals surface area contributed by atoms with E-state index in [0.29, 0.717) is 6.42 Å². The van der Waals surface area contributed by atoms with Gasteiger partial charge in [-0.2, -0.15) is 5.10 Å². The number of hydrogen-bond acceptors (Lipinski definition) is 4. The zero-order valence-corrected chi connectivity index (χ0v) is 13.7. The molecule has 1 aromatic rings. The first-order valence-electron chi connectivity index (χ1n) is 7.10. The number of benzene rings is 1. The highest BCUT2D eigenvalue weighted by Gasteiger charge is 2.17. The van der Waals surface area contributed by atoms with Crippen molar-refractivity contribution in [1.29, 1.82) is 0 Å². The molecule has 1 aromatic carbocycles. The zero-order chi connectivity index (χ0) is 15.9. The van der Waals surface area contributed by atoms with E-state index >= 15 is 0 Å². The van der Waals surface area contributed by atoms with Crippen LogP contribution in [0.25, 0.3) is 6.08 Å². The van der Waals surface area contributed by atoms with Crippen molar-refractivity contribution in [3.8, 4) is 5.75 Å². The van der Waals surface area contributed by atoms with Crippen molar-refractivity contribution in [2.45, 2.75) is 18.2 Å². The van der Waals surface area contributed by atoms with Gasteiger partial charge in [-0.25, -0.2) is 5.43 Å². The highest BCUT2D eigenvalue weighted by Crippen LogP contribution is 2.30. The fraction of sp³-hybridized carbons (Fsp3) is 0.294. The number of hydrogen-bond donors (Lipinski definition) is 1. The maximum Gasteiger partial charge on any atom is 0.240 e. The molecule has 1 unspecified atom stereocenters. The highest BCUT2D eigenvalue weighted by atomic mass is 32.2. The summed E-state index contributed by atoms with van der Waals surface area (Å²) in [6, 6.07) is 6.08. The Hall–Kier alpha value is -2.01. The normalized spacial score (nSPS) is 18.0. The standard InChI is InChI=1S/C17H20N2O2S/c1-4-9-22-16-8-6-13(11-15(16)21-3)5-7-14-12(2)10-17(20)19-18-14/h4-8,11-12H,1,9-10H2,2-3H3,(H,19,20). The minimum atomic E-state index is -0.0325. The number of methoxy groups -OCH3 is 1. The molecule has 0 spiro atoms. The maximum absolute atomic E-state index is 11.2. The van der Waals surface area contributed by atoms with Gasteiger partial charge in [0, 0.05) is 23.0 Å². The number of thioether (sulfide) groups is 1.